The molecule has 0 bridgehead atoms. The number of carbonyl (C=O) groups is 4. The molecule has 0 unspecified atom stereocenters. The van der Waals surface area contributed by atoms with Crippen molar-refractivity contribution in [2.75, 3.05) is 9.80 Å². The minimum absolute atomic E-state index is 0.315. The Hall–Kier alpha value is -12.2. The van der Waals surface area contributed by atoms with Crippen LogP contribution in [-0.4, -0.2) is 47.7 Å². The van der Waals surface area contributed by atoms with Crippen molar-refractivity contribution in [2.45, 2.75) is 20.8 Å². The van der Waals surface area contributed by atoms with E-state index >= 15 is 0 Å². The number of nitrogens with zero attached hydrogens (tertiary/aromatic N) is 8. The zero-order valence-corrected chi connectivity index (χ0v) is 48.4. The zero-order valence-electron chi connectivity index (χ0n) is 48.4. The summed E-state index contributed by atoms with van der Waals surface area (Å²) in [6.45, 7) is 13.4. The number of rotatable bonds is 8. The number of para-hydroxylation sites is 3. The van der Waals surface area contributed by atoms with Crippen LogP contribution in [0.5, 0.6) is 0 Å². The van der Waals surface area contributed by atoms with Gasteiger partial charge in [-0.25, -0.2) is 29.6 Å². The van der Waals surface area contributed by atoms with E-state index in [4.69, 9.17) is 21.5 Å². The second-order valence-corrected chi connectivity index (χ2v) is 22.2. The van der Waals surface area contributed by atoms with Crippen LogP contribution in [0.25, 0.3) is 105 Å². The van der Waals surface area contributed by atoms with Gasteiger partial charge in [-0.3, -0.25) is 19.2 Å². The molecule has 0 saturated carbocycles. The van der Waals surface area contributed by atoms with Gasteiger partial charge in [0, 0.05) is 49.3 Å². The van der Waals surface area contributed by atoms with Crippen LogP contribution in [0.15, 0.2) is 249 Å². The average molecular weight is 1150 g/mol. The van der Waals surface area contributed by atoms with Gasteiger partial charge in [-0.15, -0.1) is 0 Å². The number of carbonyl (C=O) groups excluding carboxylic acids is 4. The number of amides is 4. The van der Waals surface area contributed by atoms with Crippen molar-refractivity contribution in [2.24, 2.45) is 0 Å². The molecule has 5 heterocycles. The fraction of sp³-hybridized carbons (Fsp3) is 0.0390. The molecule has 422 valence electrons. The second kappa shape index (κ2) is 21.4. The van der Waals surface area contributed by atoms with Crippen molar-refractivity contribution in [3.63, 3.8) is 0 Å². The summed E-state index contributed by atoms with van der Waals surface area (Å²) >= 11 is 0. The predicted molar refractivity (Wildman–Crippen MR) is 352 cm³/mol. The van der Waals surface area contributed by atoms with Gasteiger partial charge in [0.15, 0.2) is 23.2 Å². The van der Waals surface area contributed by atoms with Gasteiger partial charge in [-0.2, -0.15) is 0 Å². The molecule has 14 aromatic rings. The van der Waals surface area contributed by atoms with Crippen LogP contribution in [-0.2, 0) is 0 Å². The topological polar surface area (TPSA) is 128 Å². The summed E-state index contributed by atoms with van der Waals surface area (Å²) in [4.78, 5) is 77.4. The van der Waals surface area contributed by atoms with Crippen LogP contribution < -0.4 is 9.80 Å². The number of fused-ring (bicyclic) bond motifs is 8. The Bertz CT molecular complexity index is 5270. The Morgan fingerprint density at radius 2 is 0.775 bits per heavy atom. The summed E-state index contributed by atoms with van der Waals surface area (Å²) in [7, 11) is 0. The van der Waals surface area contributed by atoms with Crippen LogP contribution in [0, 0.1) is 27.3 Å². The van der Waals surface area contributed by atoms with Gasteiger partial charge in [0.1, 0.15) is 0 Å². The van der Waals surface area contributed by atoms with Crippen LogP contribution in [0.4, 0.5) is 17.1 Å². The van der Waals surface area contributed by atoms with Gasteiger partial charge in [0.2, 0.25) is 0 Å². The van der Waals surface area contributed by atoms with E-state index in [0.717, 1.165) is 88.1 Å². The van der Waals surface area contributed by atoms with Gasteiger partial charge >= 0.3 is 0 Å². The maximum absolute atomic E-state index is 14.6. The highest BCUT2D eigenvalue weighted by molar-refractivity contribution is 6.37. The van der Waals surface area contributed by atoms with Crippen molar-refractivity contribution in [3.8, 4) is 56.7 Å². The number of hydrogen-bond donors (Lipinski definition) is 0. The first kappa shape index (κ1) is 53.5. The number of aryl methyl sites for hydroxylation is 3. The predicted octanol–water partition coefficient (Wildman–Crippen LogP) is 17.5. The smallest absolute Gasteiger partial charge is 0.268 e. The molecule has 89 heavy (non-hydrogen) atoms. The Morgan fingerprint density at radius 3 is 1.36 bits per heavy atom. The van der Waals surface area contributed by atoms with E-state index in [1.807, 2.05) is 244 Å². The minimum atomic E-state index is -0.358. The van der Waals surface area contributed by atoms with Crippen molar-refractivity contribution in [1.82, 2.24) is 24.1 Å². The first-order valence-electron chi connectivity index (χ1n) is 29.1. The normalized spacial score (nSPS) is 12.7. The SMILES string of the molecule is O=C1c2cccc(-n3c4ccccc4c4cc(-c5nc(-c6ccccc6)nc(-c6ccccc6)n5)ccc43)c2C(=O)N1c1ccccc1-c1ccccc1.[C-]#[N+]c1ccc2c3ccccc3n(-c3cccc4c3C(=O)N(c3c(C)cc(C)cc3C)C4=O)c2c1. The molecule has 2 aliphatic heterocycles. The second-order valence-electron chi connectivity index (χ2n) is 22.2. The molecule has 4 amide bonds. The summed E-state index contributed by atoms with van der Waals surface area (Å²) in [5.41, 5.74) is 15.3. The van der Waals surface area contributed by atoms with Gasteiger partial charge in [0.05, 0.1) is 68.1 Å². The lowest BCUT2D eigenvalue weighted by atomic mass is 10.0. The first-order chi connectivity index (χ1) is 43.5. The fourth-order valence-electron chi connectivity index (χ4n) is 13.0. The van der Waals surface area contributed by atoms with E-state index in [0.29, 0.717) is 68.2 Å². The number of anilines is 2. The largest absolute Gasteiger partial charge is 0.310 e. The van der Waals surface area contributed by atoms with Crippen LogP contribution >= 0.6 is 0 Å². The molecular weight excluding hydrogens is 1100 g/mol. The average Bonchev–Trinajstić information content (AvgIpc) is 1.62. The Labute approximate surface area is 511 Å². The molecule has 0 aliphatic carbocycles. The summed E-state index contributed by atoms with van der Waals surface area (Å²) < 4.78 is 4.09. The standard InChI is InChI=1S/C47H29N5O2.C30H21N3O2/c53-46-36-23-14-26-41(42(36)47(54)52(46)38-24-12-10-21-34(38)30-15-4-1-5-16-30)51-39-25-13-11-22-35(39)37-29-33(27-28-40(37)51)45-49-43(31-17-6-2-7-18-31)48-44(50-45)32-19-8-3-9-20-32;1-17-14-18(2)28(19(3)15-17)33-29(34)23-9-7-11-25(27(23)30(33)35)32-24-10-6-5-8-21(24)22-13-12-20(31-4)16-26(22)32/h1-29H;5-16H,1-3H3. The quantitative estimate of drug-likeness (QED) is 0.109. The molecule has 3 aromatic heterocycles. The molecule has 12 nitrogen and oxygen atoms in total. The lowest BCUT2D eigenvalue weighted by molar-refractivity contribution is 0.0910. The summed E-state index contributed by atoms with van der Waals surface area (Å²) in [6, 6.07) is 79.9. The third kappa shape index (κ3) is 8.78. The van der Waals surface area contributed by atoms with Crippen LogP contribution in [0.3, 0.4) is 0 Å². The summed E-state index contributed by atoms with van der Waals surface area (Å²) in [5, 5.41) is 3.97. The highest BCUT2D eigenvalue weighted by Crippen LogP contribution is 2.43. The van der Waals surface area contributed by atoms with E-state index in [2.05, 4.69) is 21.5 Å². The van der Waals surface area contributed by atoms with Crippen molar-refractivity contribution < 1.29 is 19.2 Å². The molecule has 12 heteroatoms. The van der Waals surface area contributed by atoms with Crippen molar-refractivity contribution in [1.29, 1.82) is 0 Å². The van der Waals surface area contributed by atoms with E-state index in [1.165, 1.54) is 9.80 Å². The van der Waals surface area contributed by atoms with E-state index in [-0.39, 0.29) is 23.6 Å². The van der Waals surface area contributed by atoms with Crippen molar-refractivity contribution in [3.05, 3.63) is 299 Å². The minimum Gasteiger partial charge on any atom is -0.310 e. The maximum Gasteiger partial charge on any atom is 0.268 e. The number of benzene rings is 11. The van der Waals surface area contributed by atoms with Gasteiger partial charge in [-0.1, -0.05) is 188 Å². The molecule has 0 atom stereocenters. The Morgan fingerprint density at radius 1 is 0.337 bits per heavy atom. The van der Waals surface area contributed by atoms with E-state index < -0.39 is 0 Å². The number of hydrogen-bond acceptors (Lipinski definition) is 7. The highest BCUT2D eigenvalue weighted by atomic mass is 16.2. The fourth-order valence-corrected chi connectivity index (χ4v) is 13.0. The van der Waals surface area contributed by atoms with E-state index in [1.54, 1.807) is 18.2 Å². The highest BCUT2D eigenvalue weighted by Gasteiger charge is 2.42. The maximum atomic E-state index is 14.6. The van der Waals surface area contributed by atoms with Gasteiger partial charge in [0.25, 0.3) is 23.6 Å². The zero-order chi connectivity index (χ0) is 60.6. The molecular formula is C77H50N8O4. The monoisotopic (exact) mass is 1150 g/mol. The lowest BCUT2D eigenvalue weighted by Crippen LogP contribution is -2.31. The molecule has 2 aliphatic rings. The lowest BCUT2D eigenvalue weighted by Gasteiger charge is -2.20. The van der Waals surface area contributed by atoms with Crippen LogP contribution in [0.1, 0.15) is 58.1 Å². The Balaban J connectivity index is 0.000000164. The Kier molecular flexibility index (Phi) is 12.9. The molecule has 0 radical (unpaired) electrons. The number of aromatic nitrogens is 5. The molecule has 0 N–H and O–H groups in total. The van der Waals surface area contributed by atoms with Crippen molar-refractivity contribution >= 4 is 84.3 Å². The van der Waals surface area contributed by atoms with Crippen LogP contribution in [0.2, 0.25) is 0 Å². The van der Waals surface area contributed by atoms with E-state index in [9.17, 15) is 19.2 Å². The molecule has 16 rings (SSSR count). The third-order valence-corrected chi connectivity index (χ3v) is 16.8. The first-order valence-corrected chi connectivity index (χ1v) is 29.1. The third-order valence-electron chi connectivity index (χ3n) is 16.8. The molecule has 0 fully saturated rings. The molecule has 0 spiro atoms. The molecule has 11 aromatic carbocycles. The van der Waals surface area contributed by atoms with Gasteiger partial charge in [-0.05, 0) is 104 Å². The summed E-state index contributed by atoms with van der Waals surface area (Å²) in [6.07, 6.45) is 0. The summed E-state index contributed by atoms with van der Waals surface area (Å²) in [5.74, 6) is 0.375. The molecule has 0 saturated heterocycles. The van der Waals surface area contributed by atoms with Gasteiger partial charge < -0.3 is 9.13 Å². The number of imide groups is 2.